The number of nitrogens with one attached hydrogen (secondary N) is 1. The third-order valence-electron chi connectivity index (χ3n) is 3.17. The average molecular weight is 273 g/mol. The molecule has 5 heteroatoms. The SMILES string of the molecule is CCCn1ccnc1Cc1cc(NC)nc(C(C)C)n1. The minimum absolute atomic E-state index is 0.317. The molecule has 0 atom stereocenters. The molecule has 0 unspecified atom stereocenters. The Morgan fingerprint density at radius 2 is 2.10 bits per heavy atom. The van der Waals surface area contributed by atoms with E-state index in [0.29, 0.717) is 5.92 Å². The maximum absolute atomic E-state index is 4.65. The van der Waals surface area contributed by atoms with Crippen molar-refractivity contribution in [1.29, 1.82) is 0 Å². The van der Waals surface area contributed by atoms with Crippen molar-refractivity contribution in [1.82, 2.24) is 19.5 Å². The van der Waals surface area contributed by atoms with E-state index in [2.05, 4.69) is 45.6 Å². The molecule has 0 aliphatic carbocycles. The van der Waals surface area contributed by atoms with E-state index >= 15 is 0 Å². The molecule has 20 heavy (non-hydrogen) atoms. The van der Waals surface area contributed by atoms with Crippen molar-refractivity contribution in [2.75, 3.05) is 12.4 Å². The van der Waals surface area contributed by atoms with Crippen LogP contribution in [0.5, 0.6) is 0 Å². The largest absolute Gasteiger partial charge is 0.373 e. The number of anilines is 1. The Hall–Kier alpha value is -1.91. The standard InChI is InChI=1S/C15H23N5/c1-5-7-20-8-6-17-14(20)10-12-9-13(16-4)19-15(18-12)11(2)3/h6,8-9,11H,5,7,10H2,1-4H3,(H,16,18,19). The van der Waals surface area contributed by atoms with Gasteiger partial charge in [-0.05, 0) is 6.42 Å². The van der Waals surface area contributed by atoms with E-state index in [0.717, 1.165) is 42.5 Å². The third kappa shape index (κ3) is 3.35. The summed E-state index contributed by atoms with van der Waals surface area (Å²) in [5, 5.41) is 3.10. The number of hydrogen-bond donors (Lipinski definition) is 1. The highest BCUT2D eigenvalue weighted by molar-refractivity contribution is 5.36. The van der Waals surface area contributed by atoms with Crippen LogP contribution >= 0.6 is 0 Å². The molecule has 0 spiro atoms. The first-order valence-corrected chi connectivity index (χ1v) is 7.19. The van der Waals surface area contributed by atoms with Crippen LogP contribution in [-0.4, -0.2) is 26.6 Å². The normalized spacial score (nSPS) is 11.1. The van der Waals surface area contributed by atoms with E-state index in [1.807, 2.05) is 25.5 Å². The van der Waals surface area contributed by atoms with Crippen LogP contribution < -0.4 is 5.32 Å². The molecule has 2 heterocycles. The molecule has 0 saturated carbocycles. The van der Waals surface area contributed by atoms with Gasteiger partial charge in [-0.25, -0.2) is 15.0 Å². The Bertz CT molecular complexity index is 559. The van der Waals surface area contributed by atoms with Gasteiger partial charge in [-0.3, -0.25) is 0 Å². The summed E-state index contributed by atoms with van der Waals surface area (Å²) in [6, 6.07) is 2.00. The quantitative estimate of drug-likeness (QED) is 0.879. The van der Waals surface area contributed by atoms with Crippen LogP contribution in [0.1, 0.15) is 50.5 Å². The fourth-order valence-electron chi connectivity index (χ4n) is 2.11. The molecule has 0 fully saturated rings. The zero-order chi connectivity index (χ0) is 14.5. The lowest BCUT2D eigenvalue weighted by molar-refractivity contribution is 0.643. The van der Waals surface area contributed by atoms with Crippen molar-refractivity contribution in [2.45, 2.75) is 46.1 Å². The van der Waals surface area contributed by atoms with Crippen molar-refractivity contribution in [3.05, 3.63) is 35.8 Å². The Morgan fingerprint density at radius 1 is 1.30 bits per heavy atom. The lowest BCUT2D eigenvalue weighted by atomic mass is 10.2. The van der Waals surface area contributed by atoms with Crippen molar-refractivity contribution in [3.8, 4) is 0 Å². The highest BCUT2D eigenvalue weighted by Crippen LogP contribution is 2.16. The van der Waals surface area contributed by atoms with Gasteiger partial charge in [0.15, 0.2) is 0 Å². The van der Waals surface area contributed by atoms with Crippen LogP contribution in [0.25, 0.3) is 0 Å². The second-order valence-electron chi connectivity index (χ2n) is 5.22. The minimum atomic E-state index is 0.317. The van der Waals surface area contributed by atoms with Gasteiger partial charge in [0.25, 0.3) is 0 Å². The summed E-state index contributed by atoms with van der Waals surface area (Å²) >= 11 is 0. The Kier molecular flexibility index (Phi) is 4.71. The molecule has 0 saturated heterocycles. The maximum atomic E-state index is 4.65. The average Bonchev–Trinajstić information content (AvgIpc) is 2.86. The second kappa shape index (κ2) is 6.50. The zero-order valence-corrected chi connectivity index (χ0v) is 12.7. The highest BCUT2D eigenvalue weighted by Gasteiger charge is 2.10. The number of nitrogens with zero attached hydrogens (tertiary/aromatic N) is 4. The predicted molar refractivity (Wildman–Crippen MR) is 81.0 cm³/mol. The molecule has 5 nitrogen and oxygen atoms in total. The Balaban J connectivity index is 2.28. The summed E-state index contributed by atoms with van der Waals surface area (Å²) in [7, 11) is 1.88. The van der Waals surface area contributed by atoms with Gasteiger partial charge in [0.05, 0.1) is 5.69 Å². The molecule has 2 rings (SSSR count). The fourth-order valence-corrected chi connectivity index (χ4v) is 2.11. The van der Waals surface area contributed by atoms with E-state index in [4.69, 9.17) is 0 Å². The molecule has 0 aliphatic rings. The molecular weight excluding hydrogens is 250 g/mol. The summed E-state index contributed by atoms with van der Waals surface area (Å²) in [6.07, 6.45) is 5.73. The van der Waals surface area contributed by atoms with Crippen LogP contribution in [-0.2, 0) is 13.0 Å². The molecule has 108 valence electrons. The molecule has 1 N–H and O–H groups in total. The van der Waals surface area contributed by atoms with Crippen LogP contribution in [0.4, 0.5) is 5.82 Å². The number of hydrogen-bond acceptors (Lipinski definition) is 4. The van der Waals surface area contributed by atoms with E-state index in [1.165, 1.54) is 0 Å². The van der Waals surface area contributed by atoms with Crippen LogP contribution in [0.15, 0.2) is 18.5 Å². The van der Waals surface area contributed by atoms with Crippen LogP contribution in [0.2, 0.25) is 0 Å². The first-order chi connectivity index (χ1) is 9.63. The fraction of sp³-hybridized carbons (Fsp3) is 0.533. The third-order valence-corrected chi connectivity index (χ3v) is 3.17. The molecule has 0 aromatic carbocycles. The molecule has 2 aromatic heterocycles. The van der Waals surface area contributed by atoms with Gasteiger partial charge in [-0.15, -0.1) is 0 Å². The van der Waals surface area contributed by atoms with Gasteiger partial charge in [-0.1, -0.05) is 20.8 Å². The zero-order valence-electron chi connectivity index (χ0n) is 12.7. The van der Waals surface area contributed by atoms with Crippen molar-refractivity contribution in [2.24, 2.45) is 0 Å². The minimum Gasteiger partial charge on any atom is -0.373 e. The highest BCUT2D eigenvalue weighted by atomic mass is 15.1. The lowest BCUT2D eigenvalue weighted by Gasteiger charge is -2.11. The van der Waals surface area contributed by atoms with Gasteiger partial charge in [-0.2, -0.15) is 0 Å². The molecule has 0 amide bonds. The molecule has 0 radical (unpaired) electrons. The first-order valence-electron chi connectivity index (χ1n) is 7.19. The lowest BCUT2D eigenvalue weighted by Crippen LogP contribution is -2.08. The van der Waals surface area contributed by atoms with E-state index in [1.54, 1.807) is 0 Å². The van der Waals surface area contributed by atoms with Gasteiger partial charge >= 0.3 is 0 Å². The van der Waals surface area contributed by atoms with Crippen molar-refractivity contribution < 1.29 is 0 Å². The molecule has 2 aromatic rings. The monoisotopic (exact) mass is 273 g/mol. The second-order valence-corrected chi connectivity index (χ2v) is 5.22. The predicted octanol–water partition coefficient (Wildman–Crippen LogP) is 2.84. The van der Waals surface area contributed by atoms with Crippen LogP contribution in [0, 0.1) is 0 Å². The van der Waals surface area contributed by atoms with Gasteiger partial charge in [0, 0.05) is 44.4 Å². The Morgan fingerprint density at radius 3 is 2.75 bits per heavy atom. The summed E-state index contributed by atoms with van der Waals surface area (Å²) in [6.45, 7) is 7.38. The van der Waals surface area contributed by atoms with E-state index in [-0.39, 0.29) is 0 Å². The number of aromatic nitrogens is 4. The first kappa shape index (κ1) is 14.5. The molecular formula is C15H23N5. The number of rotatable bonds is 6. The number of imidazole rings is 1. The molecule has 0 bridgehead atoms. The maximum Gasteiger partial charge on any atom is 0.133 e. The smallest absolute Gasteiger partial charge is 0.133 e. The van der Waals surface area contributed by atoms with Gasteiger partial charge in [0.1, 0.15) is 17.5 Å². The topological polar surface area (TPSA) is 55.6 Å². The summed E-state index contributed by atoms with van der Waals surface area (Å²) in [4.78, 5) is 13.6. The van der Waals surface area contributed by atoms with E-state index < -0.39 is 0 Å². The van der Waals surface area contributed by atoms with Crippen molar-refractivity contribution in [3.63, 3.8) is 0 Å². The summed E-state index contributed by atoms with van der Waals surface area (Å²) < 4.78 is 2.19. The number of aryl methyl sites for hydroxylation is 1. The Labute approximate surface area is 120 Å². The van der Waals surface area contributed by atoms with E-state index in [9.17, 15) is 0 Å². The summed E-state index contributed by atoms with van der Waals surface area (Å²) in [5.41, 5.74) is 1.01. The van der Waals surface area contributed by atoms with Gasteiger partial charge in [0.2, 0.25) is 0 Å². The summed E-state index contributed by atoms with van der Waals surface area (Å²) in [5.74, 6) is 3.12. The van der Waals surface area contributed by atoms with Crippen molar-refractivity contribution >= 4 is 5.82 Å². The van der Waals surface area contributed by atoms with Gasteiger partial charge < -0.3 is 9.88 Å². The van der Waals surface area contributed by atoms with Crippen LogP contribution in [0.3, 0.4) is 0 Å². The molecule has 0 aliphatic heterocycles.